The second-order valence-electron chi connectivity index (χ2n) is 3.56. The lowest BCUT2D eigenvalue weighted by atomic mass is 10.2. The third kappa shape index (κ3) is 4.12. The van der Waals surface area contributed by atoms with Crippen molar-refractivity contribution in [2.24, 2.45) is 0 Å². The summed E-state index contributed by atoms with van der Waals surface area (Å²) in [6.45, 7) is 1.74. The normalized spacial score (nSPS) is 12.3. The number of allylic oxidation sites excluding steroid dienone is 1. The molecular formula is C12H12F3NO2. The Hall–Kier alpha value is -1.98. The first-order valence-electron chi connectivity index (χ1n) is 5.20. The molecule has 1 aromatic rings. The van der Waals surface area contributed by atoms with Gasteiger partial charge in [-0.25, -0.2) is 4.79 Å². The van der Waals surface area contributed by atoms with Crippen LogP contribution in [0.1, 0.15) is 18.9 Å². The minimum atomic E-state index is -4.37. The van der Waals surface area contributed by atoms with E-state index in [1.54, 1.807) is 6.92 Å². The largest absolute Gasteiger partial charge is 0.478 e. The van der Waals surface area contributed by atoms with Gasteiger partial charge < -0.3 is 10.4 Å². The molecule has 0 radical (unpaired) electrons. The van der Waals surface area contributed by atoms with Crippen LogP contribution >= 0.6 is 0 Å². The summed E-state index contributed by atoms with van der Waals surface area (Å²) in [6.07, 6.45) is -2.95. The maximum atomic E-state index is 12.3. The first-order chi connectivity index (χ1) is 8.32. The van der Waals surface area contributed by atoms with Crippen molar-refractivity contribution in [2.75, 3.05) is 5.32 Å². The van der Waals surface area contributed by atoms with Crippen LogP contribution in [0.3, 0.4) is 0 Å². The number of anilines is 1. The molecule has 0 saturated carbocycles. The topological polar surface area (TPSA) is 49.3 Å². The van der Waals surface area contributed by atoms with E-state index in [0.29, 0.717) is 17.8 Å². The van der Waals surface area contributed by atoms with E-state index >= 15 is 0 Å². The van der Waals surface area contributed by atoms with Crippen LogP contribution in [0.15, 0.2) is 36.0 Å². The molecule has 3 nitrogen and oxygen atoms in total. The average molecular weight is 259 g/mol. The highest BCUT2D eigenvalue weighted by Gasteiger charge is 2.29. The average Bonchev–Trinajstić information content (AvgIpc) is 2.27. The van der Waals surface area contributed by atoms with E-state index in [9.17, 15) is 18.0 Å². The first kappa shape index (κ1) is 14.1. The van der Waals surface area contributed by atoms with Gasteiger partial charge in [-0.1, -0.05) is 6.92 Å². The number of hydrogen-bond donors (Lipinski definition) is 2. The van der Waals surface area contributed by atoms with Crippen molar-refractivity contribution >= 4 is 11.7 Å². The minimum absolute atomic E-state index is 0.414. The monoisotopic (exact) mass is 259 g/mol. The lowest BCUT2D eigenvalue weighted by molar-refractivity contribution is -0.137. The fraction of sp³-hybridized carbons (Fsp3) is 0.250. The zero-order valence-electron chi connectivity index (χ0n) is 9.58. The molecule has 18 heavy (non-hydrogen) atoms. The smallest absolute Gasteiger partial charge is 0.416 e. The Morgan fingerprint density at radius 1 is 1.33 bits per heavy atom. The summed E-state index contributed by atoms with van der Waals surface area (Å²) in [6, 6.07) is 4.40. The minimum Gasteiger partial charge on any atom is -0.478 e. The molecule has 0 saturated heterocycles. The van der Waals surface area contributed by atoms with Gasteiger partial charge in [0.15, 0.2) is 0 Å². The van der Waals surface area contributed by atoms with Gasteiger partial charge in [-0.2, -0.15) is 13.2 Å². The van der Waals surface area contributed by atoms with Gasteiger partial charge in [-0.15, -0.1) is 0 Å². The molecule has 0 aliphatic carbocycles. The molecule has 0 fully saturated rings. The van der Waals surface area contributed by atoms with Crippen molar-refractivity contribution in [1.29, 1.82) is 0 Å². The predicted octanol–water partition coefficient (Wildman–Crippen LogP) is 3.50. The fourth-order valence-corrected chi connectivity index (χ4v) is 1.30. The maximum absolute atomic E-state index is 12.3. The summed E-state index contributed by atoms with van der Waals surface area (Å²) in [5.74, 6) is -1.11. The Balaban J connectivity index is 2.84. The zero-order valence-corrected chi connectivity index (χ0v) is 9.58. The molecule has 6 heteroatoms. The van der Waals surface area contributed by atoms with Gasteiger partial charge in [0.1, 0.15) is 0 Å². The Kier molecular flexibility index (Phi) is 4.36. The summed E-state index contributed by atoms with van der Waals surface area (Å²) in [4.78, 5) is 10.5. The number of alkyl halides is 3. The van der Waals surface area contributed by atoms with Crippen molar-refractivity contribution in [1.82, 2.24) is 0 Å². The van der Waals surface area contributed by atoms with E-state index in [1.807, 2.05) is 0 Å². The number of benzene rings is 1. The van der Waals surface area contributed by atoms with Crippen LogP contribution in [0.2, 0.25) is 0 Å². The Morgan fingerprint density at radius 2 is 1.89 bits per heavy atom. The van der Waals surface area contributed by atoms with E-state index in [0.717, 1.165) is 18.2 Å². The molecule has 0 bridgehead atoms. The van der Waals surface area contributed by atoms with Gasteiger partial charge in [0.25, 0.3) is 0 Å². The van der Waals surface area contributed by atoms with Crippen molar-refractivity contribution in [3.8, 4) is 0 Å². The van der Waals surface area contributed by atoms with Gasteiger partial charge >= 0.3 is 12.1 Å². The summed E-state index contributed by atoms with van der Waals surface area (Å²) >= 11 is 0. The summed E-state index contributed by atoms with van der Waals surface area (Å²) in [7, 11) is 0. The van der Waals surface area contributed by atoms with E-state index in [2.05, 4.69) is 5.32 Å². The predicted molar refractivity (Wildman–Crippen MR) is 61.1 cm³/mol. The number of aliphatic carboxylic acids is 1. The molecule has 1 rings (SSSR count). The van der Waals surface area contributed by atoms with Crippen molar-refractivity contribution in [3.63, 3.8) is 0 Å². The van der Waals surface area contributed by atoms with Gasteiger partial charge in [-0.3, -0.25) is 0 Å². The summed E-state index contributed by atoms with van der Waals surface area (Å²) < 4.78 is 36.9. The lowest BCUT2D eigenvalue weighted by Crippen LogP contribution is -2.06. The number of halogens is 3. The molecule has 0 aliphatic rings. The van der Waals surface area contributed by atoms with Gasteiger partial charge in [0.2, 0.25) is 0 Å². The van der Waals surface area contributed by atoms with Crippen molar-refractivity contribution in [3.05, 3.63) is 41.6 Å². The Labute approximate surface area is 102 Å². The number of carbonyl (C=O) groups is 1. The maximum Gasteiger partial charge on any atom is 0.416 e. The fourth-order valence-electron chi connectivity index (χ4n) is 1.30. The van der Waals surface area contributed by atoms with E-state index in [4.69, 9.17) is 5.11 Å². The highest BCUT2D eigenvalue weighted by molar-refractivity contribution is 5.81. The summed E-state index contributed by atoms with van der Waals surface area (Å²) in [5, 5.41) is 11.3. The van der Waals surface area contributed by atoms with E-state index in [1.165, 1.54) is 12.1 Å². The highest BCUT2D eigenvalue weighted by atomic mass is 19.4. The van der Waals surface area contributed by atoms with Crippen LogP contribution in [0.4, 0.5) is 18.9 Å². The van der Waals surface area contributed by atoms with E-state index < -0.39 is 17.7 Å². The highest BCUT2D eigenvalue weighted by Crippen LogP contribution is 2.30. The van der Waals surface area contributed by atoms with Crippen LogP contribution in [-0.4, -0.2) is 11.1 Å². The molecule has 0 amide bonds. The lowest BCUT2D eigenvalue weighted by Gasteiger charge is -2.10. The van der Waals surface area contributed by atoms with Crippen LogP contribution in [0.5, 0.6) is 0 Å². The SMILES string of the molecule is CC/C(=C/C(=O)O)Nc1ccc(C(F)(F)F)cc1. The van der Waals surface area contributed by atoms with Gasteiger partial charge in [0, 0.05) is 17.5 Å². The molecule has 0 aliphatic heterocycles. The van der Waals surface area contributed by atoms with E-state index in [-0.39, 0.29) is 0 Å². The second kappa shape index (κ2) is 5.57. The Bertz CT molecular complexity index is 449. The van der Waals surface area contributed by atoms with Gasteiger partial charge in [0.05, 0.1) is 5.56 Å². The molecule has 0 heterocycles. The molecule has 0 unspecified atom stereocenters. The quantitative estimate of drug-likeness (QED) is 0.814. The van der Waals surface area contributed by atoms with Crippen LogP contribution in [0.25, 0.3) is 0 Å². The van der Waals surface area contributed by atoms with Crippen molar-refractivity contribution in [2.45, 2.75) is 19.5 Å². The Morgan fingerprint density at radius 3 is 2.28 bits per heavy atom. The molecular weight excluding hydrogens is 247 g/mol. The van der Waals surface area contributed by atoms with Crippen LogP contribution < -0.4 is 5.32 Å². The zero-order chi connectivity index (χ0) is 13.8. The molecule has 2 N–H and O–H groups in total. The summed E-state index contributed by atoms with van der Waals surface area (Å²) in [5.41, 5.74) is 0.0907. The number of carboxylic acids is 1. The second-order valence-corrected chi connectivity index (χ2v) is 3.56. The van der Waals surface area contributed by atoms with Crippen LogP contribution in [0, 0.1) is 0 Å². The van der Waals surface area contributed by atoms with Crippen LogP contribution in [-0.2, 0) is 11.0 Å². The molecule has 1 aromatic carbocycles. The first-order valence-corrected chi connectivity index (χ1v) is 5.20. The molecule has 0 atom stereocenters. The van der Waals surface area contributed by atoms with Gasteiger partial charge in [-0.05, 0) is 30.7 Å². The third-order valence-corrected chi connectivity index (χ3v) is 2.20. The molecule has 0 spiro atoms. The molecule has 0 aromatic heterocycles. The number of carboxylic acid groups (broad SMARTS) is 1. The number of nitrogens with one attached hydrogen (secondary N) is 1. The third-order valence-electron chi connectivity index (χ3n) is 2.20. The molecule has 98 valence electrons. The standard InChI is InChI=1S/C12H12F3NO2/c1-2-9(7-11(17)18)16-10-5-3-8(4-6-10)12(13,14)15/h3-7,16H,2H2,1H3,(H,17,18)/b9-7-. The van der Waals surface area contributed by atoms with Crippen molar-refractivity contribution < 1.29 is 23.1 Å². The number of rotatable bonds is 4. The number of hydrogen-bond acceptors (Lipinski definition) is 2.